The monoisotopic (exact) mass is 187 g/mol. The first-order valence-electron chi connectivity index (χ1n) is 3.81. The van der Waals surface area contributed by atoms with Crippen molar-refractivity contribution >= 4 is 11.6 Å². The van der Waals surface area contributed by atoms with E-state index in [2.05, 4.69) is 0 Å². The largest absolute Gasteiger partial charge is 0.328 e. The summed E-state index contributed by atoms with van der Waals surface area (Å²) in [5.41, 5.74) is 6.04. The molecule has 0 saturated carbocycles. The van der Waals surface area contributed by atoms with E-state index in [1.165, 1.54) is 0 Å². The van der Waals surface area contributed by atoms with E-state index in [0.29, 0.717) is 11.4 Å². The minimum absolute atomic E-state index is 0.0620. The van der Waals surface area contributed by atoms with Crippen molar-refractivity contribution in [3.8, 4) is 0 Å². The summed E-state index contributed by atoms with van der Waals surface area (Å²) < 4.78 is 12.8. The second-order valence-corrected chi connectivity index (χ2v) is 3.10. The van der Waals surface area contributed by atoms with E-state index in [9.17, 15) is 4.39 Å². The number of benzene rings is 1. The molecule has 1 aromatic rings. The summed E-state index contributed by atoms with van der Waals surface area (Å²) in [7, 11) is 0. The fraction of sp³-hybridized carbons (Fsp3) is 0.333. The van der Waals surface area contributed by atoms with E-state index in [0.717, 1.165) is 5.56 Å². The lowest BCUT2D eigenvalue weighted by Gasteiger charge is -2.04. The molecule has 0 amide bonds. The van der Waals surface area contributed by atoms with Crippen LogP contribution in [-0.2, 0) is 6.42 Å². The summed E-state index contributed by atoms with van der Waals surface area (Å²) in [5.74, 6) is 0. The minimum atomic E-state index is -0.969. The first-order chi connectivity index (χ1) is 5.72. The zero-order chi connectivity index (χ0) is 8.97. The highest BCUT2D eigenvalue weighted by molar-refractivity contribution is 6.30. The molecule has 1 aromatic carbocycles. The smallest absolute Gasteiger partial charge is 0.116 e. The van der Waals surface area contributed by atoms with Gasteiger partial charge in [0.25, 0.3) is 0 Å². The molecule has 1 nitrogen and oxygen atoms in total. The summed E-state index contributed by atoms with van der Waals surface area (Å²) >= 11 is 5.72. The van der Waals surface area contributed by atoms with Gasteiger partial charge in [0.1, 0.15) is 6.17 Å². The molecule has 0 saturated heterocycles. The van der Waals surface area contributed by atoms with Crippen LogP contribution in [0.15, 0.2) is 24.3 Å². The molecule has 0 aliphatic carbocycles. The van der Waals surface area contributed by atoms with Gasteiger partial charge in [-0.25, -0.2) is 4.39 Å². The van der Waals surface area contributed by atoms with E-state index in [-0.39, 0.29) is 6.54 Å². The molecule has 0 bridgehead atoms. The summed E-state index contributed by atoms with van der Waals surface area (Å²) in [5, 5.41) is 0.636. The molecule has 0 aliphatic rings. The topological polar surface area (TPSA) is 26.0 Å². The number of hydrogen-bond acceptors (Lipinski definition) is 1. The first kappa shape index (κ1) is 9.49. The third kappa shape index (κ3) is 2.80. The van der Waals surface area contributed by atoms with Crippen molar-refractivity contribution in [2.75, 3.05) is 6.54 Å². The molecule has 0 heterocycles. The quantitative estimate of drug-likeness (QED) is 0.772. The molecule has 12 heavy (non-hydrogen) atoms. The summed E-state index contributed by atoms with van der Waals surface area (Å²) in [4.78, 5) is 0. The number of nitrogens with two attached hydrogens (primary N) is 1. The van der Waals surface area contributed by atoms with Crippen molar-refractivity contribution < 1.29 is 4.39 Å². The number of rotatable bonds is 3. The second-order valence-electron chi connectivity index (χ2n) is 2.67. The van der Waals surface area contributed by atoms with Crippen LogP contribution >= 0.6 is 11.6 Å². The Bertz CT molecular complexity index is 252. The summed E-state index contributed by atoms with van der Waals surface area (Å²) in [6, 6.07) is 7.17. The van der Waals surface area contributed by atoms with Crippen LogP contribution in [0.4, 0.5) is 4.39 Å². The predicted octanol–water partition coefficient (Wildman–Crippen LogP) is 2.18. The van der Waals surface area contributed by atoms with Gasteiger partial charge in [0, 0.05) is 18.0 Å². The Balaban J connectivity index is 2.63. The molecule has 3 heteroatoms. The van der Waals surface area contributed by atoms with Gasteiger partial charge < -0.3 is 5.73 Å². The summed E-state index contributed by atoms with van der Waals surface area (Å²) in [6.07, 6.45) is -0.625. The Morgan fingerprint density at radius 2 is 2.25 bits per heavy atom. The molecule has 2 N–H and O–H groups in total. The van der Waals surface area contributed by atoms with Crippen LogP contribution in [0.1, 0.15) is 5.56 Å². The van der Waals surface area contributed by atoms with Crippen LogP contribution < -0.4 is 5.73 Å². The lowest BCUT2D eigenvalue weighted by atomic mass is 10.1. The van der Waals surface area contributed by atoms with Crippen molar-refractivity contribution in [2.45, 2.75) is 12.6 Å². The van der Waals surface area contributed by atoms with Crippen molar-refractivity contribution in [3.05, 3.63) is 34.9 Å². The van der Waals surface area contributed by atoms with Gasteiger partial charge in [-0.2, -0.15) is 0 Å². The van der Waals surface area contributed by atoms with Crippen LogP contribution in [0.2, 0.25) is 5.02 Å². The fourth-order valence-electron chi connectivity index (χ4n) is 1.00. The number of alkyl halides is 1. The predicted molar refractivity (Wildman–Crippen MR) is 49.1 cm³/mol. The standard InChI is InChI=1S/C9H11ClFN/c10-8-3-1-2-7(4-8)5-9(11)6-12/h1-4,9H,5-6,12H2. The van der Waals surface area contributed by atoms with Crippen molar-refractivity contribution in [1.82, 2.24) is 0 Å². The van der Waals surface area contributed by atoms with Gasteiger partial charge in [0.05, 0.1) is 0 Å². The van der Waals surface area contributed by atoms with Gasteiger partial charge in [-0.15, -0.1) is 0 Å². The number of hydrogen-bond donors (Lipinski definition) is 1. The molecule has 1 atom stereocenters. The van der Waals surface area contributed by atoms with E-state index < -0.39 is 6.17 Å². The third-order valence-corrected chi connectivity index (χ3v) is 1.84. The van der Waals surface area contributed by atoms with Gasteiger partial charge >= 0.3 is 0 Å². The van der Waals surface area contributed by atoms with Gasteiger partial charge in [-0.1, -0.05) is 23.7 Å². The second kappa shape index (κ2) is 4.43. The maximum Gasteiger partial charge on any atom is 0.116 e. The third-order valence-electron chi connectivity index (χ3n) is 1.60. The van der Waals surface area contributed by atoms with E-state index in [4.69, 9.17) is 17.3 Å². The maximum atomic E-state index is 12.8. The Morgan fingerprint density at radius 1 is 1.50 bits per heavy atom. The Hall–Kier alpha value is -0.600. The van der Waals surface area contributed by atoms with Crippen molar-refractivity contribution in [1.29, 1.82) is 0 Å². The van der Waals surface area contributed by atoms with Gasteiger partial charge in [0.2, 0.25) is 0 Å². The summed E-state index contributed by atoms with van der Waals surface area (Å²) in [6.45, 7) is 0.0620. The number of halogens is 2. The highest BCUT2D eigenvalue weighted by Crippen LogP contribution is 2.12. The van der Waals surface area contributed by atoms with Crippen LogP contribution in [0, 0.1) is 0 Å². The highest BCUT2D eigenvalue weighted by Gasteiger charge is 2.04. The van der Waals surface area contributed by atoms with E-state index in [1.54, 1.807) is 18.2 Å². The van der Waals surface area contributed by atoms with Crippen LogP contribution in [0.3, 0.4) is 0 Å². The fourth-order valence-corrected chi connectivity index (χ4v) is 1.22. The molecular weight excluding hydrogens is 177 g/mol. The lowest BCUT2D eigenvalue weighted by molar-refractivity contribution is 0.340. The Morgan fingerprint density at radius 3 is 2.83 bits per heavy atom. The van der Waals surface area contributed by atoms with Gasteiger partial charge in [-0.05, 0) is 17.7 Å². The van der Waals surface area contributed by atoms with Gasteiger partial charge in [-0.3, -0.25) is 0 Å². The van der Waals surface area contributed by atoms with E-state index >= 15 is 0 Å². The van der Waals surface area contributed by atoms with Crippen LogP contribution in [-0.4, -0.2) is 12.7 Å². The molecule has 1 unspecified atom stereocenters. The first-order valence-corrected chi connectivity index (χ1v) is 4.18. The van der Waals surface area contributed by atoms with Crippen molar-refractivity contribution in [3.63, 3.8) is 0 Å². The molecule has 1 rings (SSSR count). The zero-order valence-electron chi connectivity index (χ0n) is 6.63. The average Bonchev–Trinajstić information content (AvgIpc) is 2.04. The zero-order valence-corrected chi connectivity index (χ0v) is 7.39. The molecule has 0 fully saturated rings. The average molecular weight is 188 g/mol. The van der Waals surface area contributed by atoms with E-state index in [1.807, 2.05) is 6.07 Å². The van der Waals surface area contributed by atoms with Gasteiger partial charge in [0.15, 0.2) is 0 Å². The van der Waals surface area contributed by atoms with Crippen molar-refractivity contribution in [2.24, 2.45) is 5.73 Å². The maximum absolute atomic E-state index is 12.8. The molecule has 0 spiro atoms. The SMILES string of the molecule is NCC(F)Cc1cccc(Cl)c1. The minimum Gasteiger partial charge on any atom is -0.328 e. The normalized spacial score (nSPS) is 12.9. The van der Waals surface area contributed by atoms with Crippen LogP contribution in [0.5, 0.6) is 0 Å². The highest BCUT2D eigenvalue weighted by atomic mass is 35.5. The molecule has 66 valence electrons. The molecule has 0 radical (unpaired) electrons. The molecular formula is C9H11ClFN. The lowest BCUT2D eigenvalue weighted by Crippen LogP contribution is -2.17. The molecule has 0 aliphatic heterocycles. The Kier molecular flexibility index (Phi) is 3.50. The van der Waals surface area contributed by atoms with Crippen LogP contribution in [0.25, 0.3) is 0 Å². The molecule has 0 aromatic heterocycles. The Labute approximate surface area is 76.3 Å².